The van der Waals surface area contributed by atoms with Crippen LogP contribution in [0.2, 0.25) is 0 Å². The Kier molecular flexibility index (Phi) is 11.3. The third-order valence-electron chi connectivity index (χ3n) is 5.68. The van der Waals surface area contributed by atoms with Crippen molar-refractivity contribution >= 4 is 21.8 Å². The number of carbonyl (C=O) groups is 2. The molecule has 176 valence electrons. The van der Waals surface area contributed by atoms with Crippen LogP contribution in [-0.4, -0.2) is 77.8 Å². The normalized spacial score (nSPS) is 22.2. The second-order valence-corrected chi connectivity index (χ2v) is 11.2. The van der Waals surface area contributed by atoms with Gasteiger partial charge in [0.2, 0.25) is 21.8 Å². The number of carbonyl (C=O) groups excluding carboxylic acids is 2. The molecule has 3 saturated heterocycles. The number of nitrogens with zero attached hydrogens (tertiary/aromatic N) is 3. The van der Waals surface area contributed by atoms with Gasteiger partial charge in [-0.1, -0.05) is 0 Å². The average molecular weight is 446 g/mol. The van der Waals surface area contributed by atoms with Gasteiger partial charge < -0.3 is 9.80 Å². The second kappa shape index (κ2) is 12.6. The van der Waals surface area contributed by atoms with Crippen LogP contribution < -0.4 is 0 Å². The van der Waals surface area contributed by atoms with Crippen LogP contribution in [0, 0.1) is 0 Å². The highest BCUT2D eigenvalue weighted by atomic mass is 32.2. The summed E-state index contributed by atoms with van der Waals surface area (Å²) in [5.74, 6) is 0.997. The minimum absolute atomic E-state index is 0.125. The molecule has 30 heavy (non-hydrogen) atoms. The van der Waals surface area contributed by atoms with E-state index in [1.165, 1.54) is 6.42 Å². The molecule has 7 nitrogen and oxygen atoms in total. The standard InChI is InChI=1S/C8H15NO.C7H15NO2S.C7H13NO/c1-7(2)9-6-4-3-5-8(9)10;1-7(2)8-5-3-4-6-11(8,9)10;1-6(2)8-5-3-4-7(8)9/h7H,3-6H2,1-2H3;7H,3-6H2,1-2H3;6H,3-5H2,1-2H3. The Balaban J connectivity index is 0.000000226. The molecule has 0 N–H and O–H groups in total. The number of sulfonamides is 1. The highest BCUT2D eigenvalue weighted by Gasteiger charge is 2.27. The summed E-state index contributed by atoms with van der Waals surface area (Å²) in [7, 11) is -2.89. The van der Waals surface area contributed by atoms with Gasteiger partial charge in [0.1, 0.15) is 0 Å². The van der Waals surface area contributed by atoms with Gasteiger partial charge in [0, 0.05) is 50.6 Å². The predicted octanol–water partition coefficient (Wildman–Crippen LogP) is 3.24. The van der Waals surface area contributed by atoms with E-state index in [0.29, 0.717) is 36.2 Å². The summed E-state index contributed by atoms with van der Waals surface area (Å²) in [6, 6.07) is 0.924. The lowest BCUT2D eigenvalue weighted by atomic mass is 10.1. The van der Waals surface area contributed by atoms with E-state index in [4.69, 9.17) is 0 Å². The molecule has 3 rings (SSSR count). The summed E-state index contributed by atoms with van der Waals surface area (Å²) in [4.78, 5) is 26.0. The summed E-state index contributed by atoms with van der Waals surface area (Å²) in [5, 5.41) is 0. The van der Waals surface area contributed by atoms with Crippen molar-refractivity contribution in [3.05, 3.63) is 0 Å². The molecule has 8 heteroatoms. The zero-order valence-corrected chi connectivity index (χ0v) is 20.7. The van der Waals surface area contributed by atoms with Crippen LogP contribution in [0.3, 0.4) is 0 Å². The first-order valence-corrected chi connectivity index (χ1v) is 13.2. The van der Waals surface area contributed by atoms with E-state index in [0.717, 1.165) is 51.6 Å². The van der Waals surface area contributed by atoms with Gasteiger partial charge in [-0.05, 0) is 73.6 Å². The summed E-state index contributed by atoms with van der Waals surface area (Å²) in [5.41, 5.74) is 0. The summed E-state index contributed by atoms with van der Waals surface area (Å²) in [6.07, 6.45) is 6.68. The summed E-state index contributed by atoms with van der Waals surface area (Å²) < 4.78 is 24.3. The largest absolute Gasteiger partial charge is 0.340 e. The van der Waals surface area contributed by atoms with Crippen molar-refractivity contribution in [3.63, 3.8) is 0 Å². The number of hydrogen-bond acceptors (Lipinski definition) is 4. The molecule has 3 aliphatic rings. The van der Waals surface area contributed by atoms with Gasteiger partial charge in [-0.3, -0.25) is 9.59 Å². The van der Waals surface area contributed by atoms with Crippen LogP contribution in [0.15, 0.2) is 0 Å². The predicted molar refractivity (Wildman–Crippen MR) is 122 cm³/mol. The molecular weight excluding hydrogens is 402 g/mol. The molecule has 0 aliphatic carbocycles. The van der Waals surface area contributed by atoms with Crippen molar-refractivity contribution in [1.82, 2.24) is 14.1 Å². The second-order valence-electron chi connectivity index (χ2n) is 9.15. The zero-order chi connectivity index (χ0) is 22.9. The summed E-state index contributed by atoms with van der Waals surface area (Å²) in [6.45, 7) is 14.7. The average Bonchev–Trinajstić information content (AvgIpc) is 3.08. The highest BCUT2D eigenvalue weighted by molar-refractivity contribution is 7.89. The fraction of sp³-hybridized carbons (Fsp3) is 0.909. The van der Waals surface area contributed by atoms with Crippen LogP contribution in [0.1, 0.15) is 86.5 Å². The van der Waals surface area contributed by atoms with Crippen molar-refractivity contribution < 1.29 is 18.0 Å². The fourth-order valence-electron chi connectivity index (χ4n) is 3.98. The first kappa shape index (κ1) is 26.9. The van der Waals surface area contributed by atoms with E-state index >= 15 is 0 Å². The lowest BCUT2D eigenvalue weighted by molar-refractivity contribution is -0.135. The first-order chi connectivity index (χ1) is 14.0. The molecule has 0 aromatic rings. The number of hydrogen-bond donors (Lipinski definition) is 0. The molecule has 3 heterocycles. The van der Waals surface area contributed by atoms with Crippen molar-refractivity contribution in [2.24, 2.45) is 0 Å². The van der Waals surface area contributed by atoms with E-state index in [-0.39, 0.29) is 6.04 Å². The topological polar surface area (TPSA) is 78.0 Å². The molecule has 0 unspecified atom stereocenters. The van der Waals surface area contributed by atoms with Crippen molar-refractivity contribution in [2.75, 3.05) is 25.4 Å². The maximum atomic E-state index is 11.3. The highest BCUT2D eigenvalue weighted by Crippen LogP contribution is 2.16. The van der Waals surface area contributed by atoms with Gasteiger partial charge in [-0.2, -0.15) is 4.31 Å². The lowest BCUT2D eigenvalue weighted by Gasteiger charge is -2.30. The fourth-order valence-corrected chi connectivity index (χ4v) is 5.83. The Morgan fingerprint density at radius 3 is 1.43 bits per heavy atom. The monoisotopic (exact) mass is 445 g/mol. The SMILES string of the molecule is CC(C)N1CCCC1=O.CC(C)N1CCCCC1=O.CC(C)N1CCCCS1(=O)=O. The molecule has 0 aromatic carbocycles. The van der Waals surface area contributed by atoms with E-state index in [1.807, 2.05) is 23.6 Å². The molecular formula is C22H43N3O4S. The zero-order valence-electron chi connectivity index (χ0n) is 19.9. The van der Waals surface area contributed by atoms with Crippen LogP contribution in [0.4, 0.5) is 0 Å². The molecule has 0 bridgehead atoms. The molecule has 0 radical (unpaired) electrons. The van der Waals surface area contributed by atoms with E-state index in [2.05, 4.69) is 27.7 Å². The van der Waals surface area contributed by atoms with Gasteiger partial charge >= 0.3 is 0 Å². The van der Waals surface area contributed by atoms with Crippen molar-refractivity contribution in [3.8, 4) is 0 Å². The van der Waals surface area contributed by atoms with E-state index in [1.54, 1.807) is 4.31 Å². The molecule has 0 saturated carbocycles. The lowest BCUT2D eigenvalue weighted by Crippen LogP contribution is -2.42. The van der Waals surface area contributed by atoms with Crippen LogP contribution in [-0.2, 0) is 19.6 Å². The van der Waals surface area contributed by atoms with Gasteiger partial charge in [-0.15, -0.1) is 0 Å². The third-order valence-corrected chi connectivity index (χ3v) is 7.80. The van der Waals surface area contributed by atoms with Gasteiger partial charge in [0.15, 0.2) is 0 Å². The smallest absolute Gasteiger partial charge is 0.222 e. The third kappa shape index (κ3) is 8.53. The van der Waals surface area contributed by atoms with E-state index in [9.17, 15) is 18.0 Å². The molecule has 3 fully saturated rings. The Bertz CT molecular complexity index is 647. The Morgan fingerprint density at radius 1 is 0.633 bits per heavy atom. The van der Waals surface area contributed by atoms with Gasteiger partial charge in [-0.25, -0.2) is 8.42 Å². The minimum Gasteiger partial charge on any atom is -0.340 e. The number of amides is 2. The van der Waals surface area contributed by atoms with Crippen LogP contribution in [0.25, 0.3) is 0 Å². The molecule has 2 amide bonds. The molecule has 3 aliphatic heterocycles. The molecule has 0 aromatic heterocycles. The quantitative estimate of drug-likeness (QED) is 0.668. The Hall–Kier alpha value is -1.15. The van der Waals surface area contributed by atoms with Crippen LogP contribution in [0.5, 0.6) is 0 Å². The van der Waals surface area contributed by atoms with Gasteiger partial charge in [0.05, 0.1) is 5.75 Å². The molecule has 0 spiro atoms. The molecule has 0 atom stereocenters. The van der Waals surface area contributed by atoms with Crippen LogP contribution >= 0.6 is 0 Å². The van der Waals surface area contributed by atoms with E-state index < -0.39 is 10.0 Å². The number of piperidine rings is 1. The number of rotatable bonds is 3. The summed E-state index contributed by atoms with van der Waals surface area (Å²) >= 11 is 0. The maximum Gasteiger partial charge on any atom is 0.222 e. The Morgan fingerprint density at radius 2 is 1.10 bits per heavy atom. The van der Waals surface area contributed by atoms with Gasteiger partial charge in [0.25, 0.3) is 0 Å². The minimum atomic E-state index is -2.89. The van der Waals surface area contributed by atoms with Crippen molar-refractivity contribution in [1.29, 1.82) is 0 Å². The Labute approximate surface area is 184 Å². The van der Waals surface area contributed by atoms with Crippen molar-refractivity contribution in [2.45, 2.75) is 105 Å². The number of likely N-dealkylation sites (tertiary alicyclic amines) is 2. The first-order valence-electron chi connectivity index (χ1n) is 11.6. The maximum absolute atomic E-state index is 11.3.